The lowest BCUT2D eigenvalue weighted by Crippen LogP contribution is -2.34. The minimum Gasteiger partial charge on any atom is -0.355 e. The minimum absolute atomic E-state index is 0.0403. The molecule has 29 heavy (non-hydrogen) atoms. The Hall–Kier alpha value is -1.79. The topological polar surface area (TPSA) is 29.0 Å². The number of unbranched alkanes of at least 4 members (excludes halogenated alkanes) is 1. The van der Waals surface area contributed by atoms with E-state index in [1.165, 1.54) is 19.3 Å². The summed E-state index contributed by atoms with van der Waals surface area (Å²) in [7, 11) is 0. The Kier molecular flexibility index (Phi) is 6.02. The maximum atomic E-state index is 14.5. The fourth-order valence-electron chi connectivity index (χ4n) is 3.97. The van der Waals surface area contributed by atoms with Gasteiger partial charge in [-0.1, -0.05) is 37.8 Å². The zero-order valence-electron chi connectivity index (χ0n) is 16.6. The summed E-state index contributed by atoms with van der Waals surface area (Å²) in [5, 5.41) is 1.80. The van der Waals surface area contributed by atoms with Gasteiger partial charge >= 0.3 is 0 Å². The summed E-state index contributed by atoms with van der Waals surface area (Å²) >= 11 is 7.32. The number of fused-ring (bicyclic) bond motifs is 1. The summed E-state index contributed by atoms with van der Waals surface area (Å²) in [6.07, 6.45) is 6.05. The molecular weight excluding hydrogens is 412 g/mol. The van der Waals surface area contributed by atoms with Crippen LogP contribution in [0.3, 0.4) is 0 Å². The van der Waals surface area contributed by atoms with Gasteiger partial charge in [0, 0.05) is 13.1 Å². The SMILES string of the molecule is CCCCC1CCN(c2nc(-c3cc(F)c(Cl)cc3F)nc3c(C)csc23)CC1. The van der Waals surface area contributed by atoms with Gasteiger partial charge in [-0.05, 0) is 48.8 Å². The first kappa shape index (κ1) is 20.5. The molecule has 2 aromatic heterocycles. The van der Waals surface area contributed by atoms with Crippen molar-refractivity contribution in [2.75, 3.05) is 18.0 Å². The lowest BCUT2D eigenvalue weighted by Gasteiger charge is -2.33. The van der Waals surface area contributed by atoms with Crippen LogP contribution in [0.1, 0.15) is 44.6 Å². The number of rotatable bonds is 5. The van der Waals surface area contributed by atoms with Crippen molar-refractivity contribution in [1.82, 2.24) is 9.97 Å². The molecule has 1 aliphatic heterocycles. The van der Waals surface area contributed by atoms with Crippen LogP contribution in [0.4, 0.5) is 14.6 Å². The number of aryl methyl sites for hydroxylation is 1. The predicted molar refractivity (Wildman–Crippen MR) is 117 cm³/mol. The lowest BCUT2D eigenvalue weighted by atomic mass is 9.92. The molecule has 7 heteroatoms. The third-order valence-corrected chi connectivity index (χ3v) is 7.08. The van der Waals surface area contributed by atoms with Gasteiger partial charge in [-0.3, -0.25) is 0 Å². The Morgan fingerprint density at radius 2 is 1.93 bits per heavy atom. The maximum absolute atomic E-state index is 14.5. The van der Waals surface area contributed by atoms with E-state index in [9.17, 15) is 8.78 Å². The normalized spacial score (nSPS) is 15.4. The van der Waals surface area contributed by atoms with Gasteiger partial charge in [0.2, 0.25) is 0 Å². The molecule has 1 aromatic carbocycles. The van der Waals surface area contributed by atoms with Gasteiger partial charge < -0.3 is 4.90 Å². The number of halogens is 3. The summed E-state index contributed by atoms with van der Waals surface area (Å²) in [5.41, 5.74) is 1.86. The molecule has 0 unspecified atom stereocenters. The Morgan fingerprint density at radius 3 is 2.66 bits per heavy atom. The van der Waals surface area contributed by atoms with Crippen LogP contribution < -0.4 is 4.90 Å². The molecule has 4 rings (SSSR count). The van der Waals surface area contributed by atoms with Gasteiger partial charge in [0.1, 0.15) is 11.6 Å². The third kappa shape index (κ3) is 4.10. The van der Waals surface area contributed by atoms with Gasteiger partial charge in [0.15, 0.2) is 11.6 Å². The first-order valence-electron chi connectivity index (χ1n) is 10.1. The molecule has 1 saturated heterocycles. The van der Waals surface area contributed by atoms with E-state index in [-0.39, 0.29) is 16.4 Å². The van der Waals surface area contributed by atoms with Gasteiger partial charge in [0.05, 0.1) is 20.8 Å². The number of hydrogen-bond donors (Lipinski definition) is 0. The van der Waals surface area contributed by atoms with E-state index in [1.807, 2.05) is 12.3 Å². The van der Waals surface area contributed by atoms with Crippen LogP contribution in [-0.4, -0.2) is 23.1 Å². The van der Waals surface area contributed by atoms with Gasteiger partial charge in [-0.15, -0.1) is 11.3 Å². The second kappa shape index (κ2) is 8.52. The van der Waals surface area contributed by atoms with E-state index in [0.717, 1.165) is 65.6 Å². The number of aromatic nitrogens is 2. The van der Waals surface area contributed by atoms with Crippen LogP contribution in [0.15, 0.2) is 17.5 Å². The summed E-state index contributed by atoms with van der Waals surface area (Å²) < 4.78 is 29.6. The molecule has 3 nitrogen and oxygen atoms in total. The third-order valence-electron chi connectivity index (χ3n) is 5.71. The van der Waals surface area contributed by atoms with Crippen LogP contribution >= 0.6 is 22.9 Å². The molecule has 0 radical (unpaired) electrons. The van der Waals surface area contributed by atoms with E-state index in [4.69, 9.17) is 16.6 Å². The quantitative estimate of drug-likeness (QED) is 0.404. The molecule has 3 aromatic rings. The first-order valence-corrected chi connectivity index (χ1v) is 11.4. The zero-order valence-corrected chi connectivity index (χ0v) is 18.2. The number of hydrogen-bond acceptors (Lipinski definition) is 4. The zero-order chi connectivity index (χ0) is 20.5. The van der Waals surface area contributed by atoms with Crippen LogP contribution in [0.2, 0.25) is 5.02 Å². The second-order valence-electron chi connectivity index (χ2n) is 7.79. The molecule has 3 heterocycles. The summed E-state index contributed by atoms with van der Waals surface area (Å²) in [6, 6.07) is 2.07. The molecule has 0 bridgehead atoms. The van der Waals surface area contributed by atoms with E-state index in [2.05, 4.69) is 16.8 Å². The number of anilines is 1. The molecule has 0 N–H and O–H groups in total. The predicted octanol–water partition coefficient (Wildman–Crippen LogP) is 7.00. The Labute approximate surface area is 178 Å². The van der Waals surface area contributed by atoms with Crippen molar-refractivity contribution in [3.8, 4) is 11.4 Å². The molecule has 0 aliphatic carbocycles. The molecule has 0 spiro atoms. The highest BCUT2D eigenvalue weighted by Crippen LogP contribution is 2.37. The molecule has 1 aliphatic rings. The molecule has 154 valence electrons. The molecule has 0 amide bonds. The fourth-order valence-corrected chi connectivity index (χ4v) is 5.13. The van der Waals surface area contributed by atoms with Crippen molar-refractivity contribution in [3.63, 3.8) is 0 Å². The summed E-state index contributed by atoms with van der Waals surface area (Å²) in [6.45, 7) is 6.06. The van der Waals surface area contributed by atoms with Crippen molar-refractivity contribution < 1.29 is 8.78 Å². The molecule has 0 saturated carbocycles. The van der Waals surface area contributed by atoms with E-state index in [0.29, 0.717) is 0 Å². The molecule has 1 fully saturated rings. The van der Waals surface area contributed by atoms with Crippen LogP contribution in [-0.2, 0) is 0 Å². The Bertz CT molecular complexity index is 1030. The standard InChI is InChI=1S/C22H24ClF2N3S/c1-3-4-5-14-6-8-28(9-7-14)22-20-19(13(2)12-29-20)26-21(27-22)15-10-18(25)16(23)11-17(15)24/h10-12,14H,3-9H2,1-2H3. The largest absolute Gasteiger partial charge is 0.355 e. The van der Waals surface area contributed by atoms with Crippen molar-refractivity contribution >= 4 is 39.0 Å². The molecular formula is C22H24ClF2N3S. The number of piperidine rings is 1. The van der Waals surface area contributed by atoms with Crippen molar-refractivity contribution in [3.05, 3.63) is 39.7 Å². The van der Waals surface area contributed by atoms with Gasteiger partial charge in [-0.2, -0.15) is 0 Å². The monoisotopic (exact) mass is 435 g/mol. The van der Waals surface area contributed by atoms with Gasteiger partial charge in [0.25, 0.3) is 0 Å². The van der Waals surface area contributed by atoms with Crippen LogP contribution in [0.25, 0.3) is 21.6 Å². The highest BCUT2D eigenvalue weighted by molar-refractivity contribution is 7.18. The highest BCUT2D eigenvalue weighted by atomic mass is 35.5. The highest BCUT2D eigenvalue weighted by Gasteiger charge is 2.24. The van der Waals surface area contributed by atoms with Gasteiger partial charge in [-0.25, -0.2) is 18.7 Å². The van der Waals surface area contributed by atoms with Crippen LogP contribution in [0.5, 0.6) is 0 Å². The van der Waals surface area contributed by atoms with E-state index in [1.54, 1.807) is 11.3 Å². The van der Waals surface area contributed by atoms with Crippen molar-refractivity contribution in [1.29, 1.82) is 0 Å². The number of nitrogens with zero attached hydrogens (tertiary/aromatic N) is 3. The minimum atomic E-state index is -0.674. The number of thiophene rings is 1. The average molecular weight is 436 g/mol. The van der Waals surface area contributed by atoms with Crippen molar-refractivity contribution in [2.24, 2.45) is 5.92 Å². The Morgan fingerprint density at radius 1 is 1.17 bits per heavy atom. The van der Waals surface area contributed by atoms with Crippen molar-refractivity contribution in [2.45, 2.75) is 46.0 Å². The summed E-state index contributed by atoms with van der Waals surface area (Å²) in [4.78, 5) is 11.5. The summed E-state index contributed by atoms with van der Waals surface area (Å²) in [5.74, 6) is 0.498. The van der Waals surface area contributed by atoms with Crippen LogP contribution in [0, 0.1) is 24.5 Å². The average Bonchev–Trinajstić information content (AvgIpc) is 3.10. The lowest BCUT2D eigenvalue weighted by molar-refractivity contribution is 0.371. The van der Waals surface area contributed by atoms with E-state index >= 15 is 0 Å². The smallest absolute Gasteiger partial charge is 0.165 e. The maximum Gasteiger partial charge on any atom is 0.165 e. The Balaban J connectivity index is 1.73. The fraction of sp³-hybridized carbons (Fsp3) is 0.455. The van der Waals surface area contributed by atoms with E-state index < -0.39 is 11.6 Å². The number of benzene rings is 1. The second-order valence-corrected chi connectivity index (χ2v) is 9.07. The first-order chi connectivity index (χ1) is 14.0. The molecule has 0 atom stereocenters.